The normalized spacial score (nSPS) is 10.7. The zero-order chi connectivity index (χ0) is 20.4. The number of halogens is 1. The number of rotatable bonds is 8. The summed E-state index contributed by atoms with van der Waals surface area (Å²) in [7, 11) is 0. The standard InChI is InChI=1S/C21H20BrN3O3/c1-2-3-12-28-21(27)18-6-4-5-7-19(18)25-20(26)15(13-23)14-24-17-10-8-16(22)9-11-17/h4-11,14,24H,2-3,12H2,1H3,(H,25,26)/b15-14-. The van der Waals surface area contributed by atoms with Crippen LogP contribution in [0.2, 0.25) is 0 Å². The van der Waals surface area contributed by atoms with Crippen molar-refractivity contribution in [2.24, 2.45) is 0 Å². The summed E-state index contributed by atoms with van der Waals surface area (Å²) in [5, 5.41) is 14.8. The maximum absolute atomic E-state index is 12.5. The van der Waals surface area contributed by atoms with Gasteiger partial charge in [0.25, 0.3) is 5.91 Å². The van der Waals surface area contributed by atoms with Crippen LogP contribution in [0.25, 0.3) is 0 Å². The molecule has 7 heteroatoms. The van der Waals surface area contributed by atoms with E-state index >= 15 is 0 Å². The van der Waals surface area contributed by atoms with Crippen LogP contribution in [0.1, 0.15) is 30.1 Å². The van der Waals surface area contributed by atoms with Crippen LogP contribution in [0.5, 0.6) is 0 Å². The number of ether oxygens (including phenoxy) is 1. The zero-order valence-electron chi connectivity index (χ0n) is 15.4. The van der Waals surface area contributed by atoms with E-state index in [1.165, 1.54) is 6.20 Å². The number of benzene rings is 2. The van der Waals surface area contributed by atoms with Gasteiger partial charge in [0.15, 0.2) is 0 Å². The number of nitriles is 1. The minimum Gasteiger partial charge on any atom is -0.462 e. The summed E-state index contributed by atoms with van der Waals surface area (Å²) in [6, 6.07) is 15.7. The molecule has 0 saturated carbocycles. The monoisotopic (exact) mass is 441 g/mol. The van der Waals surface area contributed by atoms with E-state index in [0.29, 0.717) is 12.3 Å². The quantitative estimate of drug-likeness (QED) is 0.264. The molecule has 0 spiro atoms. The number of nitrogens with one attached hydrogen (secondary N) is 2. The van der Waals surface area contributed by atoms with Crippen LogP contribution in [0.4, 0.5) is 11.4 Å². The number of carbonyl (C=O) groups is 2. The molecule has 144 valence electrons. The Kier molecular flexibility index (Phi) is 8.25. The SMILES string of the molecule is CCCCOC(=O)c1ccccc1NC(=O)/C(C#N)=C\Nc1ccc(Br)cc1. The fourth-order valence-electron chi connectivity index (χ4n) is 2.20. The molecule has 6 nitrogen and oxygen atoms in total. The highest BCUT2D eigenvalue weighted by Gasteiger charge is 2.16. The smallest absolute Gasteiger partial charge is 0.340 e. The van der Waals surface area contributed by atoms with Crippen LogP contribution in [0.3, 0.4) is 0 Å². The third-order valence-corrected chi connectivity index (χ3v) is 4.25. The number of hydrogen-bond donors (Lipinski definition) is 2. The van der Waals surface area contributed by atoms with Crippen LogP contribution in [-0.2, 0) is 9.53 Å². The van der Waals surface area contributed by atoms with Gasteiger partial charge in [-0.3, -0.25) is 4.79 Å². The molecule has 28 heavy (non-hydrogen) atoms. The number of carbonyl (C=O) groups excluding carboxylic acids is 2. The Labute approximate surface area is 172 Å². The van der Waals surface area contributed by atoms with Crippen molar-refractivity contribution >= 4 is 39.2 Å². The van der Waals surface area contributed by atoms with Crippen molar-refractivity contribution in [1.82, 2.24) is 0 Å². The molecule has 2 aromatic rings. The largest absolute Gasteiger partial charge is 0.462 e. The molecule has 0 aliphatic heterocycles. The van der Waals surface area contributed by atoms with Crippen LogP contribution < -0.4 is 10.6 Å². The molecule has 0 unspecified atom stereocenters. The fraction of sp³-hybridized carbons (Fsp3) is 0.190. The predicted octanol–water partition coefficient (Wildman–Crippen LogP) is 4.86. The molecule has 2 rings (SSSR count). The van der Waals surface area contributed by atoms with Gasteiger partial charge in [-0.1, -0.05) is 41.4 Å². The summed E-state index contributed by atoms with van der Waals surface area (Å²) in [5.74, 6) is -1.14. The van der Waals surface area contributed by atoms with E-state index in [4.69, 9.17) is 4.74 Å². The molecule has 0 fully saturated rings. The number of amides is 1. The topological polar surface area (TPSA) is 91.2 Å². The van der Waals surface area contributed by atoms with Crippen molar-refractivity contribution < 1.29 is 14.3 Å². The zero-order valence-corrected chi connectivity index (χ0v) is 17.0. The van der Waals surface area contributed by atoms with E-state index in [1.807, 2.05) is 25.1 Å². The first-order valence-electron chi connectivity index (χ1n) is 8.75. The van der Waals surface area contributed by atoms with E-state index in [9.17, 15) is 14.9 Å². The lowest BCUT2D eigenvalue weighted by molar-refractivity contribution is -0.112. The number of unbranched alkanes of at least 4 members (excludes halogenated alkanes) is 1. The molecular weight excluding hydrogens is 422 g/mol. The molecule has 1 amide bonds. The van der Waals surface area contributed by atoms with Gasteiger partial charge in [-0.15, -0.1) is 0 Å². The Hall–Kier alpha value is -3.11. The van der Waals surface area contributed by atoms with Gasteiger partial charge in [0.1, 0.15) is 11.6 Å². The summed E-state index contributed by atoms with van der Waals surface area (Å²) in [6.45, 7) is 2.32. The van der Waals surface area contributed by atoms with E-state index in [2.05, 4.69) is 26.6 Å². The van der Waals surface area contributed by atoms with Crippen molar-refractivity contribution in [3.8, 4) is 6.07 Å². The van der Waals surface area contributed by atoms with Crippen molar-refractivity contribution in [2.75, 3.05) is 17.2 Å². The average molecular weight is 442 g/mol. The first-order chi connectivity index (χ1) is 13.5. The third kappa shape index (κ3) is 6.25. The molecular formula is C21H20BrN3O3. The van der Waals surface area contributed by atoms with Gasteiger partial charge >= 0.3 is 5.97 Å². The molecule has 0 saturated heterocycles. The summed E-state index contributed by atoms with van der Waals surface area (Å²) >= 11 is 3.34. The van der Waals surface area contributed by atoms with Gasteiger partial charge in [0.2, 0.25) is 0 Å². The van der Waals surface area contributed by atoms with Gasteiger partial charge < -0.3 is 15.4 Å². The van der Waals surface area contributed by atoms with Crippen molar-refractivity contribution in [1.29, 1.82) is 5.26 Å². The molecule has 0 aliphatic carbocycles. The van der Waals surface area contributed by atoms with E-state index < -0.39 is 11.9 Å². The lowest BCUT2D eigenvalue weighted by Gasteiger charge is -2.10. The van der Waals surface area contributed by atoms with Crippen LogP contribution in [-0.4, -0.2) is 18.5 Å². The van der Waals surface area contributed by atoms with E-state index in [1.54, 1.807) is 36.4 Å². The van der Waals surface area contributed by atoms with Crippen molar-refractivity contribution in [2.45, 2.75) is 19.8 Å². The Bertz CT molecular complexity index is 902. The highest BCUT2D eigenvalue weighted by Crippen LogP contribution is 2.18. The Morgan fingerprint density at radius 2 is 1.89 bits per heavy atom. The molecule has 2 aromatic carbocycles. The maximum Gasteiger partial charge on any atom is 0.340 e. The van der Waals surface area contributed by atoms with Gasteiger partial charge in [0, 0.05) is 16.4 Å². The molecule has 0 aliphatic rings. The minimum absolute atomic E-state index is 0.128. The van der Waals surface area contributed by atoms with Crippen LogP contribution in [0.15, 0.2) is 64.8 Å². The second kappa shape index (κ2) is 10.9. The number of hydrogen-bond acceptors (Lipinski definition) is 5. The van der Waals surface area contributed by atoms with E-state index in [-0.39, 0.29) is 11.1 Å². The Morgan fingerprint density at radius 1 is 1.18 bits per heavy atom. The van der Waals surface area contributed by atoms with E-state index in [0.717, 1.165) is 23.0 Å². The summed E-state index contributed by atoms with van der Waals surface area (Å²) in [6.07, 6.45) is 3.00. The minimum atomic E-state index is -0.624. The molecule has 0 aromatic heterocycles. The van der Waals surface area contributed by atoms with Gasteiger partial charge in [-0.05, 0) is 42.8 Å². The second-order valence-electron chi connectivity index (χ2n) is 5.81. The maximum atomic E-state index is 12.5. The Morgan fingerprint density at radius 3 is 2.57 bits per heavy atom. The van der Waals surface area contributed by atoms with Gasteiger partial charge in [-0.25, -0.2) is 4.79 Å². The van der Waals surface area contributed by atoms with Crippen LogP contribution in [0, 0.1) is 11.3 Å². The number of para-hydroxylation sites is 1. The first-order valence-corrected chi connectivity index (χ1v) is 9.54. The third-order valence-electron chi connectivity index (χ3n) is 3.72. The number of esters is 1. The Balaban J connectivity index is 2.10. The van der Waals surface area contributed by atoms with Crippen molar-refractivity contribution in [3.63, 3.8) is 0 Å². The fourth-order valence-corrected chi connectivity index (χ4v) is 2.46. The molecule has 0 heterocycles. The highest BCUT2D eigenvalue weighted by atomic mass is 79.9. The predicted molar refractivity (Wildman–Crippen MR) is 112 cm³/mol. The summed E-state index contributed by atoms with van der Waals surface area (Å²) in [5.41, 5.74) is 1.13. The summed E-state index contributed by atoms with van der Waals surface area (Å²) < 4.78 is 6.13. The lowest BCUT2D eigenvalue weighted by Crippen LogP contribution is -2.17. The average Bonchev–Trinajstić information content (AvgIpc) is 2.70. The van der Waals surface area contributed by atoms with Gasteiger partial charge in [0.05, 0.1) is 17.9 Å². The van der Waals surface area contributed by atoms with Crippen LogP contribution >= 0.6 is 15.9 Å². The summed E-state index contributed by atoms with van der Waals surface area (Å²) in [4.78, 5) is 24.7. The number of nitrogens with zero attached hydrogens (tertiary/aromatic N) is 1. The first kappa shape index (κ1) is 21.2. The lowest BCUT2D eigenvalue weighted by atomic mass is 10.1. The molecule has 0 radical (unpaired) electrons. The molecule has 2 N–H and O–H groups in total. The number of anilines is 2. The highest BCUT2D eigenvalue weighted by molar-refractivity contribution is 9.10. The van der Waals surface area contributed by atoms with Gasteiger partial charge in [-0.2, -0.15) is 5.26 Å². The molecule has 0 atom stereocenters. The second-order valence-corrected chi connectivity index (χ2v) is 6.73. The molecule has 0 bridgehead atoms. The van der Waals surface area contributed by atoms with Crippen molar-refractivity contribution in [3.05, 3.63) is 70.3 Å².